The van der Waals surface area contributed by atoms with Crippen LogP contribution in [0.5, 0.6) is 0 Å². The molecule has 0 spiro atoms. The van der Waals surface area contributed by atoms with Gasteiger partial charge >= 0.3 is 6.09 Å². The van der Waals surface area contributed by atoms with Gasteiger partial charge in [-0.1, -0.05) is 0 Å². The van der Waals surface area contributed by atoms with Crippen LogP contribution in [0.3, 0.4) is 0 Å². The van der Waals surface area contributed by atoms with Gasteiger partial charge in [-0.15, -0.1) is 0 Å². The summed E-state index contributed by atoms with van der Waals surface area (Å²) >= 11 is 1.70. The maximum Gasteiger partial charge on any atom is 0.408 e. The Morgan fingerprint density at radius 3 is 2.62 bits per heavy atom. The first-order valence-electron chi connectivity index (χ1n) is 5.20. The summed E-state index contributed by atoms with van der Waals surface area (Å²) in [6, 6.07) is -0.111. The Bertz CT molecular complexity index is 256. The summed E-state index contributed by atoms with van der Waals surface area (Å²) in [5.41, 5.74) is -0.494. The van der Waals surface area contributed by atoms with Crippen LogP contribution in [0.1, 0.15) is 27.2 Å². The molecule has 92 valence electrons. The lowest BCUT2D eigenvalue weighted by Crippen LogP contribution is -2.40. The van der Waals surface area contributed by atoms with E-state index in [1.54, 1.807) is 11.8 Å². The number of alkyl carbamates (subject to hydrolysis) is 1. The van der Waals surface area contributed by atoms with Gasteiger partial charge in [-0.2, -0.15) is 11.8 Å². The number of hydrogen-bond donors (Lipinski definition) is 1. The number of rotatable bonds is 5. The lowest BCUT2D eigenvalue weighted by atomic mass is 10.2. The number of nitrogens with one attached hydrogen (secondary N) is 1. The molecule has 0 aromatic carbocycles. The molecule has 16 heavy (non-hydrogen) atoms. The monoisotopic (exact) mass is 244 g/mol. The molecule has 1 atom stereocenters. The van der Waals surface area contributed by atoms with Crippen molar-refractivity contribution in [2.75, 3.05) is 18.6 Å². The molecular formula is C11H20N2O2S. The number of thioether (sulfide) groups is 1. The minimum atomic E-state index is -0.494. The Morgan fingerprint density at radius 2 is 2.19 bits per heavy atom. The summed E-state index contributed by atoms with van der Waals surface area (Å²) in [4.78, 5) is 14.8. The standard InChI is InChI=1S/C11H20N2O2S/c1-11(2,3)15-10(14)13-9(8-12-4)6-7-16-5/h9H,6-8H2,1-3,5H3,(H,13,14). The Labute approximate surface area is 102 Å². The quantitative estimate of drug-likeness (QED) is 0.756. The SMILES string of the molecule is [C-]#[N+]CC(CCSC)NC(=O)OC(C)(C)C. The van der Waals surface area contributed by atoms with Crippen molar-refractivity contribution >= 4 is 17.9 Å². The highest BCUT2D eigenvalue weighted by Gasteiger charge is 2.20. The zero-order valence-corrected chi connectivity index (χ0v) is 11.2. The van der Waals surface area contributed by atoms with Crippen molar-refractivity contribution in [2.24, 2.45) is 0 Å². The van der Waals surface area contributed by atoms with Gasteiger partial charge in [0.15, 0.2) is 0 Å². The van der Waals surface area contributed by atoms with E-state index in [4.69, 9.17) is 11.3 Å². The zero-order valence-electron chi connectivity index (χ0n) is 10.4. The molecule has 0 aromatic rings. The van der Waals surface area contributed by atoms with Crippen LogP contribution in [0.2, 0.25) is 0 Å². The van der Waals surface area contributed by atoms with Crippen LogP contribution in [0.25, 0.3) is 4.85 Å². The maximum absolute atomic E-state index is 11.5. The van der Waals surface area contributed by atoms with Crippen LogP contribution in [-0.4, -0.2) is 36.3 Å². The molecule has 0 fully saturated rings. The summed E-state index contributed by atoms with van der Waals surface area (Å²) < 4.78 is 5.13. The van der Waals surface area contributed by atoms with Gasteiger partial charge in [0, 0.05) is 0 Å². The van der Waals surface area contributed by atoms with Gasteiger partial charge in [0.05, 0.1) is 0 Å². The van der Waals surface area contributed by atoms with Gasteiger partial charge in [-0.05, 0) is 39.2 Å². The van der Waals surface area contributed by atoms with Gasteiger partial charge in [0.2, 0.25) is 6.54 Å². The number of amides is 1. The average molecular weight is 244 g/mol. The Kier molecular flexibility index (Phi) is 6.98. The predicted octanol–water partition coefficient (Wildman–Crippen LogP) is 2.55. The lowest BCUT2D eigenvalue weighted by molar-refractivity contribution is 0.0507. The molecule has 0 bridgehead atoms. The summed E-state index contributed by atoms with van der Waals surface area (Å²) in [6.45, 7) is 12.6. The van der Waals surface area contributed by atoms with Gasteiger partial charge < -0.3 is 14.9 Å². The Hall–Kier alpha value is -0.890. The molecule has 0 saturated carbocycles. The first-order chi connectivity index (χ1) is 7.39. The van der Waals surface area contributed by atoms with Crippen LogP contribution in [0, 0.1) is 6.57 Å². The molecule has 0 saturated heterocycles. The second-order valence-corrected chi connectivity index (χ2v) is 5.45. The highest BCUT2D eigenvalue weighted by atomic mass is 32.2. The van der Waals surface area contributed by atoms with Gasteiger partial charge in [0.25, 0.3) is 0 Å². The minimum Gasteiger partial charge on any atom is -0.444 e. The van der Waals surface area contributed by atoms with Crippen molar-refractivity contribution in [3.8, 4) is 0 Å². The van der Waals surface area contributed by atoms with Gasteiger partial charge in [0.1, 0.15) is 11.6 Å². The molecule has 1 amide bonds. The smallest absolute Gasteiger partial charge is 0.408 e. The van der Waals surface area contributed by atoms with Crippen molar-refractivity contribution in [1.29, 1.82) is 0 Å². The highest BCUT2D eigenvalue weighted by molar-refractivity contribution is 7.98. The van der Waals surface area contributed by atoms with Gasteiger partial charge in [-0.25, -0.2) is 11.4 Å². The van der Waals surface area contributed by atoms with Crippen LogP contribution in [0.15, 0.2) is 0 Å². The topological polar surface area (TPSA) is 42.7 Å². The van der Waals surface area contributed by atoms with Crippen LogP contribution < -0.4 is 5.32 Å². The fourth-order valence-corrected chi connectivity index (χ4v) is 1.57. The van der Waals surface area contributed by atoms with Crippen LogP contribution >= 0.6 is 11.8 Å². The fraction of sp³-hybridized carbons (Fsp3) is 0.818. The van der Waals surface area contributed by atoms with E-state index in [-0.39, 0.29) is 6.04 Å². The number of hydrogen-bond acceptors (Lipinski definition) is 3. The minimum absolute atomic E-state index is 0.111. The zero-order chi connectivity index (χ0) is 12.6. The van der Waals surface area contributed by atoms with E-state index in [1.165, 1.54) is 0 Å². The first-order valence-corrected chi connectivity index (χ1v) is 6.60. The molecule has 0 heterocycles. The molecule has 0 aliphatic rings. The molecule has 0 aliphatic heterocycles. The Morgan fingerprint density at radius 1 is 1.56 bits per heavy atom. The lowest BCUT2D eigenvalue weighted by Gasteiger charge is -2.21. The van der Waals surface area contributed by atoms with Crippen LogP contribution in [0.4, 0.5) is 4.79 Å². The third kappa shape index (κ3) is 8.42. The average Bonchev–Trinajstić information content (AvgIpc) is 2.11. The molecule has 1 N–H and O–H groups in total. The Balaban J connectivity index is 4.08. The number of carbonyl (C=O) groups is 1. The van der Waals surface area contributed by atoms with Crippen molar-refractivity contribution in [3.63, 3.8) is 0 Å². The second kappa shape index (κ2) is 7.39. The number of nitrogens with zero attached hydrogens (tertiary/aromatic N) is 1. The number of carbonyl (C=O) groups excluding carboxylic acids is 1. The van der Waals surface area contributed by atoms with E-state index in [1.807, 2.05) is 27.0 Å². The predicted molar refractivity (Wildman–Crippen MR) is 67.6 cm³/mol. The molecule has 0 aromatic heterocycles. The van der Waals surface area contributed by atoms with E-state index >= 15 is 0 Å². The summed E-state index contributed by atoms with van der Waals surface area (Å²) in [7, 11) is 0. The first kappa shape index (κ1) is 15.1. The van der Waals surface area contributed by atoms with Crippen molar-refractivity contribution < 1.29 is 9.53 Å². The molecule has 1 unspecified atom stereocenters. The van der Waals surface area contributed by atoms with E-state index in [0.717, 1.165) is 12.2 Å². The third-order valence-corrected chi connectivity index (χ3v) is 2.35. The molecule has 0 radical (unpaired) electrons. The van der Waals surface area contributed by atoms with Crippen molar-refractivity contribution in [2.45, 2.75) is 38.8 Å². The van der Waals surface area contributed by atoms with Crippen molar-refractivity contribution in [1.82, 2.24) is 5.32 Å². The van der Waals surface area contributed by atoms with Gasteiger partial charge in [-0.3, -0.25) is 0 Å². The van der Waals surface area contributed by atoms with E-state index in [9.17, 15) is 4.79 Å². The van der Waals surface area contributed by atoms with E-state index in [0.29, 0.717) is 6.54 Å². The van der Waals surface area contributed by atoms with Crippen molar-refractivity contribution in [3.05, 3.63) is 11.4 Å². The second-order valence-electron chi connectivity index (χ2n) is 4.47. The summed E-state index contributed by atoms with van der Waals surface area (Å²) in [5.74, 6) is 0.927. The van der Waals surface area contributed by atoms with Crippen LogP contribution in [-0.2, 0) is 4.74 Å². The van der Waals surface area contributed by atoms with E-state index in [2.05, 4.69) is 10.2 Å². The summed E-state index contributed by atoms with van der Waals surface area (Å²) in [5, 5.41) is 2.72. The summed E-state index contributed by atoms with van der Waals surface area (Å²) in [6.07, 6.45) is 2.35. The fourth-order valence-electron chi connectivity index (χ4n) is 1.05. The number of ether oxygens (including phenoxy) is 1. The molecule has 5 heteroatoms. The molecule has 0 rings (SSSR count). The maximum atomic E-state index is 11.5. The largest absolute Gasteiger partial charge is 0.444 e. The van der Waals surface area contributed by atoms with E-state index < -0.39 is 11.7 Å². The third-order valence-electron chi connectivity index (χ3n) is 1.70. The molecule has 4 nitrogen and oxygen atoms in total. The molecular weight excluding hydrogens is 224 g/mol. The molecule has 0 aliphatic carbocycles. The highest BCUT2D eigenvalue weighted by Crippen LogP contribution is 2.08. The normalized spacial score (nSPS) is 12.7.